The highest BCUT2D eigenvalue weighted by molar-refractivity contribution is 7.92. The van der Waals surface area contributed by atoms with Crippen molar-refractivity contribution in [2.75, 3.05) is 29.6 Å². The number of ether oxygens (including phenoxy) is 2. The first kappa shape index (κ1) is 21.8. The molecule has 9 heteroatoms. The van der Waals surface area contributed by atoms with Gasteiger partial charge in [0.15, 0.2) is 0 Å². The molecule has 2 aromatic carbocycles. The average Bonchev–Trinajstić information content (AvgIpc) is 2.62. The fourth-order valence-corrected chi connectivity index (χ4v) is 4.11. The Morgan fingerprint density at radius 1 is 1.21 bits per heavy atom. The third-order valence-corrected chi connectivity index (χ3v) is 5.46. The third kappa shape index (κ3) is 5.08. The number of para-hydroxylation sites is 2. The minimum absolute atomic E-state index is 0.239. The molecule has 0 saturated heterocycles. The number of benzene rings is 2. The Morgan fingerprint density at radius 2 is 1.89 bits per heavy atom. The zero-order valence-corrected chi connectivity index (χ0v) is 17.7. The van der Waals surface area contributed by atoms with E-state index in [4.69, 9.17) is 21.1 Å². The van der Waals surface area contributed by atoms with Crippen LogP contribution in [0.1, 0.15) is 13.8 Å². The lowest BCUT2D eigenvalue weighted by Gasteiger charge is -2.28. The predicted octanol–water partition coefficient (Wildman–Crippen LogP) is 3.54. The number of amides is 1. The number of rotatable bonds is 8. The second-order valence-electron chi connectivity index (χ2n) is 5.97. The molecule has 0 unspecified atom stereocenters. The fraction of sp³-hybridized carbons (Fsp3) is 0.316. The SMILES string of the molecule is CCOc1ccccc1NC(=O)[C@@H](C)N(c1ccc(OC)c(Cl)c1)S(C)(=O)=O. The second-order valence-corrected chi connectivity index (χ2v) is 8.24. The minimum Gasteiger partial charge on any atom is -0.495 e. The number of anilines is 2. The lowest BCUT2D eigenvalue weighted by atomic mass is 10.2. The number of nitrogens with one attached hydrogen (secondary N) is 1. The van der Waals surface area contributed by atoms with Gasteiger partial charge in [-0.3, -0.25) is 9.10 Å². The Labute approximate surface area is 170 Å². The molecule has 0 aliphatic carbocycles. The van der Waals surface area contributed by atoms with Gasteiger partial charge in [0.05, 0.1) is 36.4 Å². The predicted molar refractivity (Wildman–Crippen MR) is 111 cm³/mol. The van der Waals surface area contributed by atoms with Crippen molar-refractivity contribution in [3.8, 4) is 11.5 Å². The number of sulfonamides is 1. The van der Waals surface area contributed by atoms with Crippen molar-refractivity contribution in [1.29, 1.82) is 0 Å². The van der Waals surface area contributed by atoms with Crippen LogP contribution in [0.5, 0.6) is 11.5 Å². The monoisotopic (exact) mass is 426 g/mol. The molecule has 0 bridgehead atoms. The van der Waals surface area contributed by atoms with Crippen LogP contribution in [-0.4, -0.2) is 40.3 Å². The topological polar surface area (TPSA) is 84.9 Å². The highest BCUT2D eigenvalue weighted by Gasteiger charge is 2.30. The summed E-state index contributed by atoms with van der Waals surface area (Å²) in [4.78, 5) is 12.8. The smallest absolute Gasteiger partial charge is 0.248 e. The number of nitrogens with zero attached hydrogens (tertiary/aromatic N) is 1. The molecule has 2 aromatic rings. The first-order valence-electron chi connectivity index (χ1n) is 8.54. The Bertz CT molecular complexity index is 949. The molecule has 28 heavy (non-hydrogen) atoms. The van der Waals surface area contributed by atoms with Crippen LogP contribution in [-0.2, 0) is 14.8 Å². The van der Waals surface area contributed by atoms with Crippen molar-refractivity contribution in [3.63, 3.8) is 0 Å². The van der Waals surface area contributed by atoms with Gasteiger partial charge in [-0.2, -0.15) is 0 Å². The maximum Gasteiger partial charge on any atom is 0.248 e. The van der Waals surface area contributed by atoms with Crippen LogP contribution in [0.3, 0.4) is 0 Å². The lowest BCUT2D eigenvalue weighted by molar-refractivity contribution is -0.116. The number of carbonyl (C=O) groups excluding carboxylic acids is 1. The van der Waals surface area contributed by atoms with E-state index in [-0.39, 0.29) is 10.7 Å². The number of hydrogen-bond acceptors (Lipinski definition) is 5. The van der Waals surface area contributed by atoms with Crippen LogP contribution < -0.4 is 19.1 Å². The van der Waals surface area contributed by atoms with Gasteiger partial charge in [0, 0.05) is 0 Å². The Kier molecular flexibility index (Phi) is 7.15. The van der Waals surface area contributed by atoms with Gasteiger partial charge in [-0.15, -0.1) is 0 Å². The number of carbonyl (C=O) groups is 1. The van der Waals surface area contributed by atoms with Gasteiger partial charge in [0.2, 0.25) is 15.9 Å². The summed E-state index contributed by atoms with van der Waals surface area (Å²) in [6.45, 7) is 3.76. The largest absolute Gasteiger partial charge is 0.495 e. The molecule has 2 rings (SSSR count). The Hall–Kier alpha value is -2.45. The molecule has 0 aliphatic heterocycles. The number of hydrogen-bond donors (Lipinski definition) is 1. The van der Waals surface area contributed by atoms with E-state index >= 15 is 0 Å². The van der Waals surface area contributed by atoms with Crippen LogP contribution in [0.25, 0.3) is 0 Å². The van der Waals surface area contributed by atoms with Crippen molar-refractivity contribution in [1.82, 2.24) is 0 Å². The van der Waals surface area contributed by atoms with Crippen LogP contribution >= 0.6 is 11.6 Å². The molecule has 0 aliphatic rings. The summed E-state index contributed by atoms with van der Waals surface area (Å²) >= 11 is 6.13. The van der Waals surface area contributed by atoms with Crippen LogP contribution in [0.4, 0.5) is 11.4 Å². The van der Waals surface area contributed by atoms with Crippen LogP contribution in [0, 0.1) is 0 Å². The zero-order chi connectivity index (χ0) is 20.9. The standard InChI is InChI=1S/C19H23ClN2O5S/c1-5-27-18-9-7-6-8-16(18)21-19(23)13(2)22(28(4,24)25)14-10-11-17(26-3)15(20)12-14/h6-13H,5H2,1-4H3,(H,21,23)/t13-/m1/s1. The highest BCUT2D eigenvalue weighted by Crippen LogP contribution is 2.32. The molecule has 7 nitrogen and oxygen atoms in total. The maximum absolute atomic E-state index is 12.8. The molecule has 0 saturated carbocycles. The molecule has 0 aromatic heterocycles. The maximum atomic E-state index is 12.8. The molecule has 0 radical (unpaired) electrons. The first-order valence-corrected chi connectivity index (χ1v) is 10.8. The highest BCUT2D eigenvalue weighted by atomic mass is 35.5. The van der Waals surface area contributed by atoms with Crippen LogP contribution in [0.2, 0.25) is 5.02 Å². The normalized spacial score (nSPS) is 12.2. The quantitative estimate of drug-likeness (QED) is 0.697. The third-order valence-electron chi connectivity index (χ3n) is 3.92. The van der Waals surface area contributed by atoms with Gasteiger partial charge in [0.25, 0.3) is 0 Å². The van der Waals surface area contributed by atoms with E-state index in [9.17, 15) is 13.2 Å². The van der Waals surface area contributed by atoms with Crippen molar-refractivity contribution in [3.05, 3.63) is 47.5 Å². The van der Waals surface area contributed by atoms with Gasteiger partial charge >= 0.3 is 0 Å². The molecule has 1 N–H and O–H groups in total. The molecule has 0 fully saturated rings. The van der Waals surface area contributed by atoms with Crippen molar-refractivity contribution in [2.45, 2.75) is 19.9 Å². The number of halogens is 1. The molecule has 1 amide bonds. The molecular formula is C19H23ClN2O5S. The molecular weight excluding hydrogens is 404 g/mol. The Morgan fingerprint density at radius 3 is 2.46 bits per heavy atom. The zero-order valence-electron chi connectivity index (χ0n) is 16.1. The summed E-state index contributed by atoms with van der Waals surface area (Å²) in [5.74, 6) is 0.398. The van der Waals surface area contributed by atoms with Gasteiger partial charge in [-0.1, -0.05) is 23.7 Å². The van der Waals surface area contributed by atoms with Crippen molar-refractivity contribution in [2.24, 2.45) is 0 Å². The van der Waals surface area contributed by atoms with Gasteiger partial charge in [-0.25, -0.2) is 8.42 Å². The molecule has 0 spiro atoms. The summed E-state index contributed by atoms with van der Waals surface area (Å²) < 4.78 is 36.4. The first-order chi connectivity index (χ1) is 13.2. The van der Waals surface area contributed by atoms with Crippen molar-refractivity contribution >= 4 is 38.9 Å². The van der Waals surface area contributed by atoms with E-state index in [0.29, 0.717) is 23.8 Å². The Balaban J connectivity index is 2.35. The van der Waals surface area contributed by atoms with Gasteiger partial charge in [0.1, 0.15) is 17.5 Å². The number of methoxy groups -OCH3 is 1. The van der Waals surface area contributed by atoms with E-state index in [1.54, 1.807) is 30.3 Å². The van der Waals surface area contributed by atoms with E-state index < -0.39 is 22.0 Å². The minimum atomic E-state index is -3.77. The summed E-state index contributed by atoms with van der Waals surface area (Å²) in [6, 6.07) is 10.4. The molecule has 0 heterocycles. The van der Waals surface area contributed by atoms with E-state index in [1.807, 2.05) is 6.92 Å². The second kappa shape index (κ2) is 9.16. The molecule has 152 valence electrons. The summed E-state index contributed by atoms with van der Waals surface area (Å²) in [5, 5.41) is 2.97. The van der Waals surface area contributed by atoms with E-state index in [1.165, 1.54) is 26.2 Å². The van der Waals surface area contributed by atoms with Crippen LogP contribution in [0.15, 0.2) is 42.5 Å². The fourth-order valence-electron chi connectivity index (χ4n) is 2.69. The summed E-state index contributed by atoms with van der Waals surface area (Å²) in [5.41, 5.74) is 0.719. The lowest BCUT2D eigenvalue weighted by Crippen LogP contribution is -2.45. The summed E-state index contributed by atoms with van der Waals surface area (Å²) in [7, 11) is -2.31. The van der Waals surface area contributed by atoms with E-state index in [0.717, 1.165) is 10.6 Å². The van der Waals surface area contributed by atoms with Gasteiger partial charge < -0.3 is 14.8 Å². The van der Waals surface area contributed by atoms with Crippen molar-refractivity contribution < 1.29 is 22.7 Å². The van der Waals surface area contributed by atoms with E-state index in [2.05, 4.69) is 5.32 Å². The molecule has 1 atom stereocenters. The van der Waals surface area contributed by atoms with Gasteiger partial charge in [-0.05, 0) is 44.2 Å². The average molecular weight is 427 g/mol. The summed E-state index contributed by atoms with van der Waals surface area (Å²) in [6.07, 6.45) is 1.03.